The Morgan fingerprint density at radius 1 is 0.778 bits per heavy atom. The number of rotatable bonds is 7. The molecule has 0 radical (unpaired) electrons. The molecule has 0 spiro atoms. The van der Waals surface area contributed by atoms with Gasteiger partial charge in [0, 0.05) is 31.7 Å². The summed E-state index contributed by atoms with van der Waals surface area (Å²) in [4.78, 5) is 2.46. The highest BCUT2D eigenvalue weighted by atomic mass is 32.2. The van der Waals surface area contributed by atoms with Crippen molar-refractivity contribution in [3.05, 3.63) is 53.1 Å². The number of nitrogens with zero attached hydrogens (tertiary/aromatic N) is 4. The number of aromatic nitrogens is 2. The van der Waals surface area contributed by atoms with Crippen molar-refractivity contribution < 1.29 is 22.6 Å². The second kappa shape index (κ2) is 10.3. The Morgan fingerprint density at radius 3 is 1.83 bits per heavy atom. The van der Waals surface area contributed by atoms with Gasteiger partial charge in [-0.3, -0.25) is 0 Å². The Bertz CT molecular complexity index is 1300. The lowest BCUT2D eigenvalue weighted by Gasteiger charge is -2.35. The number of benzene rings is 2. The first-order valence-corrected chi connectivity index (χ1v) is 13.1. The van der Waals surface area contributed by atoms with E-state index in [9.17, 15) is 8.42 Å². The fourth-order valence-electron chi connectivity index (χ4n) is 4.74. The van der Waals surface area contributed by atoms with Crippen molar-refractivity contribution in [3.63, 3.8) is 0 Å². The van der Waals surface area contributed by atoms with E-state index in [2.05, 4.69) is 10.2 Å². The van der Waals surface area contributed by atoms with E-state index in [4.69, 9.17) is 14.2 Å². The van der Waals surface area contributed by atoms with E-state index in [-0.39, 0.29) is 0 Å². The Hall–Kier alpha value is -3.37. The zero-order chi connectivity index (χ0) is 26.0. The summed E-state index contributed by atoms with van der Waals surface area (Å²) >= 11 is 0. The maximum Gasteiger partial charge on any atom is 0.243 e. The number of hydrogen-bond acceptors (Lipinski definition) is 8. The molecule has 0 atom stereocenters. The van der Waals surface area contributed by atoms with Crippen molar-refractivity contribution in [1.82, 2.24) is 14.5 Å². The summed E-state index contributed by atoms with van der Waals surface area (Å²) < 4.78 is 44.6. The van der Waals surface area contributed by atoms with Crippen LogP contribution in [0, 0.1) is 20.8 Å². The standard InChI is InChI=1S/C26H32N4O5S/c1-17-13-18(2)26(19(3)14-17)36(31,32)30-11-9-29(10-12-30)24-8-7-21(27-28-24)20-15-22(33-4)25(35-6)23(16-20)34-5/h7-8,13-16H,9-12H2,1-6H3. The van der Waals surface area contributed by atoms with Gasteiger partial charge in [-0.05, 0) is 56.2 Å². The number of anilines is 1. The zero-order valence-corrected chi connectivity index (χ0v) is 22.3. The maximum atomic E-state index is 13.4. The third kappa shape index (κ3) is 4.83. The molecule has 0 N–H and O–H groups in total. The summed E-state index contributed by atoms with van der Waals surface area (Å²) in [5.74, 6) is 2.28. The van der Waals surface area contributed by atoms with Gasteiger partial charge in [0.05, 0.1) is 31.9 Å². The molecule has 3 aromatic rings. The van der Waals surface area contributed by atoms with Crippen molar-refractivity contribution in [2.75, 3.05) is 52.4 Å². The number of ether oxygens (including phenoxy) is 3. The predicted octanol–water partition coefficient (Wildman–Crippen LogP) is 3.61. The Morgan fingerprint density at radius 2 is 1.36 bits per heavy atom. The summed E-state index contributed by atoms with van der Waals surface area (Å²) in [5, 5.41) is 8.81. The van der Waals surface area contributed by atoms with Crippen LogP contribution in [0.5, 0.6) is 17.2 Å². The molecule has 0 aliphatic carbocycles. The topological polar surface area (TPSA) is 94.1 Å². The fraction of sp³-hybridized carbons (Fsp3) is 0.385. The highest BCUT2D eigenvalue weighted by Crippen LogP contribution is 2.40. The van der Waals surface area contributed by atoms with Gasteiger partial charge >= 0.3 is 0 Å². The number of hydrogen-bond donors (Lipinski definition) is 0. The molecule has 1 saturated heterocycles. The third-order valence-corrected chi connectivity index (χ3v) is 8.58. The van der Waals surface area contributed by atoms with Crippen molar-refractivity contribution in [3.8, 4) is 28.5 Å². The van der Waals surface area contributed by atoms with Crippen molar-refractivity contribution >= 4 is 15.8 Å². The summed E-state index contributed by atoms with van der Waals surface area (Å²) in [6, 6.07) is 11.3. The third-order valence-electron chi connectivity index (χ3n) is 6.38. The number of aryl methyl sites for hydroxylation is 3. The first-order valence-electron chi connectivity index (χ1n) is 11.7. The molecule has 192 valence electrons. The van der Waals surface area contributed by atoms with Crippen LogP contribution in [0.3, 0.4) is 0 Å². The van der Waals surface area contributed by atoms with Crippen molar-refractivity contribution in [2.45, 2.75) is 25.7 Å². The molecule has 1 fully saturated rings. The molecule has 0 unspecified atom stereocenters. The normalized spacial score (nSPS) is 14.6. The minimum atomic E-state index is -3.57. The lowest BCUT2D eigenvalue weighted by Crippen LogP contribution is -2.49. The van der Waals surface area contributed by atoms with Crippen LogP contribution in [0.1, 0.15) is 16.7 Å². The zero-order valence-electron chi connectivity index (χ0n) is 21.5. The molecule has 2 heterocycles. The van der Waals surface area contributed by atoms with Crippen LogP contribution in [0.15, 0.2) is 41.3 Å². The molecular formula is C26H32N4O5S. The van der Waals surface area contributed by atoms with E-state index in [1.807, 2.05) is 62.1 Å². The van der Waals surface area contributed by atoms with Crippen LogP contribution in [-0.4, -0.2) is 70.4 Å². The molecule has 1 aromatic heterocycles. The van der Waals surface area contributed by atoms with Gasteiger partial charge in [-0.2, -0.15) is 4.31 Å². The van der Waals surface area contributed by atoms with Gasteiger partial charge in [0.25, 0.3) is 0 Å². The van der Waals surface area contributed by atoms with Crippen LogP contribution >= 0.6 is 0 Å². The molecule has 0 amide bonds. The van der Waals surface area contributed by atoms with E-state index >= 15 is 0 Å². The minimum Gasteiger partial charge on any atom is -0.493 e. The molecule has 9 nitrogen and oxygen atoms in total. The predicted molar refractivity (Wildman–Crippen MR) is 139 cm³/mol. The Balaban J connectivity index is 1.50. The van der Waals surface area contributed by atoms with Crippen LogP contribution in [0.4, 0.5) is 5.82 Å². The average molecular weight is 513 g/mol. The Kier molecular flexibility index (Phi) is 7.37. The quantitative estimate of drug-likeness (QED) is 0.474. The molecule has 0 saturated carbocycles. The second-order valence-electron chi connectivity index (χ2n) is 8.81. The molecule has 10 heteroatoms. The van der Waals surface area contributed by atoms with Crippen LogP contribution < -0.4 is 19.1 Å². The second-order valence-corrected chi connectivity index (χ2v) is 10.7. The molecule has 4 rings (SSSR count). The summed E-state index contributed by atoms with van der Waals surface area (Å²) in [5.41, 5.74) is 4.06. The average Bonchev–Trinajstić information content (AvgIpc) is 2.87. The lowest BCUT2D eigenvalue weighted by atomic mass is 10.1. The molecule has 1 aliphatic heterocycles. The van der Waals surface area contributed by atoms with E-state index in [0.29, 0.717) is 59.8 Å². The van der Waals surface area contributed by atoms with Gasteiger partial charge in [-0.25, -0.2) is 8.42 Å². The maximum absolute atomic E-state index is 13.4. The largest absolute Gasteiger partial charge is 0.493 e. The Labute approximate surface area is 212 Å². The molecule has 2 aromatic carbocycles. The van der Waals surface area contributed by atoms with E-state index in [0.717, 1.165) is 22.3 Å². The van der Waals surface area contributed by atoms with Crippen molar-refractivity contribution in [1.29, 1.82) is 0 Å². The van der Waals surface area contributed by atoms with Gasteiger partial charge in [-0.15, -0.1) is 10.2 Å². The fourth-order valence-corrected chi connectivity index (χ4v) is 6.57. The smallest absolute Gasteiger partial charge is 0.243 e. The number of methoxy groups -OCH3 is 3. The SMILES string of the molecule is COc1cc(-c2ccc(N3CCN(S(=O)(=O)c4c(C)cc(C)cc4C)CC3)nn2)cc(OC)c1OC. The van der Waals surface area contributed by atoms with Crippen LogP contribution in [0.25, 0.3) is 11.3 Å². The van der Waals surface area contributed by atoms with Gasteiger partial charge in [-0.1, -0.05) is 17.7 Å². The van der Waals surface area contributed by atoms with Gasteiger partial charge in [0.15, 0.2) is 17.3 Å². The molecular weight excluding hydrogens is 480 g/mol. The summed E-state index contributed by atoms with van der Waals surface area (Å²) in [6.07, 6.45) is 0. The molecule has 0 bridgehead atoms. The van der Waals surface area contributed by atoms with Gasteiger partial charge in [0.2, 0.25) is 15.8 Å². The molecule has 1 aliphatic rings. The van der Waals surface area contributed by atoms with Crippen molar-refractivity contribution in [2.24, 2.45) is 0 Å². The summed E-state index contributed by atoms with van der Waals surface area (Å²) in [6.45, 7) is 7.51. The van der Waals surface area contributed by atoms with E-state index in [1.54, 1.807) is 25.6 Å². The number of piperazine rings is 1. The van der Waals surface area contributed by atoms with E-state index in [1.165, 1.54) is 0 Å². The number of sulfonamides is 1. The van der Waals surface area contributed by atoms with Gasteiger partial charge in [0.1, 0.15) is 0 Å². The molecule has 36 heavy (non-hydrogen) atoms. The minimum absolute atomic E-state index is 0.380. The summed E-state index contributed by atoms with van der Waals surface area (Å²) in [7, 11) is 1.12. The highest BCUT2D eigenvalue weighted by Gasteiger charge is 2.31. The van der Waals surface area contributed by atoms with Gasteiger partial charge < -0.3 is 19.1 Å². The lowest BCUT2D eigenvalue weighted by molar-refractivity contribution is 0.324. The first-order chi connectivity index (χ1) is 17.2. The van der Waals surface area contributed by atoms with Crippen LogP contribution in [0.2, 0.25) is 0 Å². The first kappa shape index (κ1) is 25.7. The monoisotopic (exact) mass is 512 g/mol. The van der Waals surface area contributed by atoms with Crippen LogP contribution in [-0.2, 0) is 10.0 Å². The highest BCUT2D eigenvalue weighted by molar-refractivity contribution is 7.89. The van der Waals surface area contributed by atoms with E-state index < -0.39 is 10.0 Å².